The van der Waals surface area contributed by atoms with Crippen molar-refractivity contribution in [2.45, 2.75) is 323 Å². The van der Waals surface area contributed by atoms with Gasteiger partial charge in [-0.05, 0) is 22.3 Å². The first kappa shape index (κ1) is 110. The maximum atomic E-state index is 13.5. The van der Waals surface area contributed by atoms with E-state index in [1.165, 1.54) is 0 Å². The number of hydrogen-bond donors (Lipinski definition) is 30. The van der Waals surface area contributed by atoms with Crippen molar-refractivity contribution < 1.29 is 246 Å². The number of rotatable bonds is 37. The zero-order chi connectivity index (χ0) is 101. The van der Waals surface area contributed by atoms with Crippen LogP contribution in [0.5, 0.6) is 0 Å². The lowest BCUT2D eigenvalue weighted by Gasteiger charge is -2.51. The number of aliphatic hydroxyl groups is 23. The van der Waals surface area contributed by atoms with Crippen LogP contribution in [0.3, 0.4) is 0 Å². The molecule has 10 aliphatic rings. The molecule has 12 rings (SSSR count). The number of benzene rings is 2. The molecule has 2 aromatic rings. The predicted molar refractivity (Wildman–Crippen MR) is 438 cm³/mol. The monoisotopic (exact) mass is 1990 g/mol. The van der Waals surface area contributed by atoms with E-state index in [9.17, 15) is 156 Å². The van der Waals surface area contributed by atoms with Gasteiger partial charge in [0.25, 0.3) is 0 Å². The molecule has 9 heterocycles. The molecule has 0 saturated carbocycles. The van der Waals surface area contributed by atoms with Crippen LogP contribution < -0.4 is 31.9 Å². The van der Waals surface area contributed by atoms with Crippen LogP contribution in [0.4, 0.5) is 4.79 Å². The zero-order valence-electron chi connectivity index (χ0n) is 74.4. The number of carbonyl (C=O) groups excluding carboxylic acids is 6. The molecule has 46 atom stereocenters. The number of alkyl carbamates (subject to hydrolysis) is 1. The number of fused-ring (bicyclic) bond motifs is 3. The van der Waals surface area contributed by atoms with Crippen LogP contribution >= 0.6 is 0 Å². The summed E-state index contributed by atoms with van der Waals surface area (Å²) in [6, 6.07) is 3.44. The fourth-order valence-corrected chi connectivity index (χ4v) is 18.2. The second-order valence-electron chi connectivity index (χ2n) is 34.6. The summed E-state index contributed by atoms with van der Waals surface area (Å²) in [6.07, 6.45) is -83.4. The van der Waals surface area contributed by atoms with E-state index in [-0.39, 0.29) is 6.61 Å². The van der Waals surface area contributed by atoms with Crippen LogP contribution in [0.2, 0.25) is 0 Å². The molecule has 0 radical (unpaired) electrons. The lowest BCUT2D eigenvalue weighted by Crippen LogP contribution is -2.71. The lowest BCUT2D eigenvalue weighted by molar-refractivity contribution is -0.388. The van der Waals surface area contributed by atoms with E-state index in [4.69, 9.17) is 90.0 Å². The van der Waals surface area contributed by atoms with E-state index in [1.807, 2.05) is 36.4 Å². The van der Waals surface area contributed by atoms with Crippen molar-refractivity contribution in [1.82, 2.24) is 31.9 Å². The number of carboxylic acid groups (broad SMARTS) is 1. The highest BCUT2D eigenvalue weighted by Crippen LogP contribution is 2.46. The molecule has 56 nitrogen and oxygen atoms in total. The van der Waals surface area contributed by atoms with E-state index < -0.39 is 396 Å². The molecule has 9 fully saturated rings. The summed E-state index contributed by atoms with van der Waals surface area (Å²) in [7, 11) is 0. The summed E-state index contributed by atoms with van der Waals surface area (Å²) in [5.41, 5.74) is 3.42. The third kappa shape index (κ3) is 24.4. The zero-order valence-corrected chi connectivity index (χ0v) is 74.4. The molecule has 2 aromatic carbocycles. The number of aliphatic carboxylic acids is 1. The highest BCUT2D eigenvalue weighted by molar-refractivity contribution is 5.81. The first-order chi connectivity index (χ1) is 65.6. The Labute approximate surface area is 783 Å². The largest absolute Gasteiger partial charge is 0.480 e. The number of carbonyl (C=O) groups is 7. The molecule has 9 saturated heterocycles. The number of amides is 6. The van der Waals surface area contributed by atoms with Gasteiger partial charge < -0.3 is 244 Å². The summed E-state index contributed by atoms with van der Waals surface area (Å²) in [4.78, 5) is 90.9. The quantitative estimate of drug-likeness (QED) is 0.0299. The van der Waals surface area contributed by atoms with Crippen molar-refractivity contribution in [3.63, 3.8) is 0 Å². The number of carboxylic acids is 1. The summed E-state index contributed by atoms with van der Waals surface area (Å²) in [5.74, 6) is -6.71. The maximum absolute atomic E-state index is 13.5. The van der Waals surface area contributed by atoms with Gasteiger partial charge in [0.05, 0.1) is 66.1 Å². The molecular formula is C82H122N6O50. The molecule has 10 unspecified atom stereocenters. The van der Waals surface area contributed by atoms with Crippen LogP contribution in [0.1, 0.15) is 51.7 Å². The second-order valence-corrected chi connectivity index (χ2v) is 34.6. The van der Waals surface area contributed by atoms with Gasteiger partial charge >= 0.3 is 12.1 Å². The van der Waals surface area contributed by atoms with Gasteiger partial charge in [-0.1, -0.05) is 48.5 Å². The highest BCUT2D eigenvalue weighted by atomic mass is 16.8. The van der Waals surface area contributed by atoms with Gasteiger partial charge in [0, 0.05) is 40.5 Å². The van der Waals surface area contributed by atoms with Crippen LogP contribution in [0, 0.1) is 0 Å². The van der Waals surface area contributed by atoms with Crippen molar-refractivity contribution in [3.05, 3.63) is 59.7 Å². The molecule has 9 aliphatic heterocycles. The Morgan fingerprint density at radius 2 is 0.558 bits per heavy atom. The van der Waals surface area contributed by atoms with Crippen LogP contribution in [-0.4, -0.2) is 519 Å². The first-order valence-corrected chi connectivity index (χ1v) is 44.1. The van der Waals surface area contributed by atoms with E-state index in [0.29, 0.717) is 0 Å². The second kappa shape index (κ2) is 48.5. The standard InChI is InChI=1S/C82H122N6O50/c1-25(97)83-45-55(107)50(102)36(14-89)123-75(45)136-69-52(104)38(16-91)126-80(62(69)114)133-66-42(20-95)129-77(48(58(66)110)86-28(4)100)138-71-54(106)40(18-93)127-81(64(71)116)134-67-43(21-96)130-76(49(59(67)111)87-29(5)101)137-70-53(105)39(17-92)125-79(63(70)115)132-65-41(19-94)128-74(46(56(65)108)84-26(2)98)121-24-44-68(135-78-61(113)60(112)51(103)37(15-90)124-78)57(109)47(85-27(3)99)73(131-44)120-23-35(72(117)118)88-82(119)122-22-34-32-12-8-6-10-30(32)31-11-7-9-13-33(31)34/h6-13,34-71,73-81,89-96,102-116H,14-24H2,1-5H3,(H,83,97)(H,84,98)(H,85,99)(H,86,100)(H,87,101)(H,88,119)(H,117,118)/t35?,36-,37-,38-,39-,40-,41-,42-,43-,44-,45-,46-,47-,48-,49-,50-,51+,52+,53+,54+,55-,56-,57-,58-,59-,60?,61-,62-,63-,64-,65-,66-,67-,68?,69+,70+,71+,73-,74?,75?,76?,77?,78+,79?,80?,81?/m1/s1. The molecule has 56 heteroatoms. The van der Waals surface area contributed by atoms with Crippen LogP contribution in [0.25, 0.3) is 11.1 Å². The fourth-order valence-electron chi connectivity index (χ4n) is 18.2. The van der Waals surface area contributed by atoms with Crippen LogP contribution in [0.15, 0.2) is 48.5 Å². The van der Waals surface area contributed by atoms with E-state index in [2.05, 4.69) is 31.9 Å². The topological polar surface area (TPSA) is 853 Å². The van der Waals surface area contributed by atoms with E-state index >= 15 is 0 Å². The maximum Gasteiger partial charge on any atom is 0.407 e. The Kier molecular flexibility index (Phi) is 38.6. The first-order valence-electron chi connectivity index (χ1n) is 44.1. The van der Waals surface area contributed by atoms with Crippen molar-refractivity contribution in [2.24, 2.45) is 0 Å². The van der Waals surface area contributed by atoms with Gasteiger partial charge in [0.15, 0.2) is 62.7 Å². The third-order valence-electron chi connectivity index (χ3n) is 25.1. The summed E-state index contributed by atoms with van der Waals surface area (Å²) < 4.78 is 113. The third-order valence-corrected chi connectivity index (χ3v) is 25.1. The summed E-state index contributed by atoms with van der Waals surface area (Å²) in [5, 5.41) is 284. The molecule has 1 aliphatic carbocycles. The minimum Gasteiger partial charge on any atom is -0.480 e. The van der Waals surface area contributed by atoms with Crippen LogP contribution in [-0.2, 0) is 119 Å². The van der Waals surface area contributed by atoms with Crippen molar-refractivity contribution >= 4 is 41.6 Å². The van der Waals surface area contributed by atoms with Gasteiger partial charge in [-0.15, -0.1) is 0 Å². The summed E-state index contributed by atoms with van der Waals surface area (Å²) in [6.45, 7) is -6.32. The fraction of sp³-hybridized carbons (Fsp3) is 0.768. The SMILES string of the molecule is CC(=O)N[C@H]1[C@H](OCC(NC(=O)OCC2c3ccccc3-c3ccccc32)C(=O)O)O[C@H](COC2O[C@H](CO)[C@@H](OC3O[C@H](CO)[C@H](O)[C@H](OC4O[C@H](CO)[C@@H](OC5O[C@H](CO)[C@H](O)[C@H](OC6O[C@H](CO)[C@@H](OC7O[C@H](CO)[C@H](O)[C@H](OC8O[C@H](CO)[C@@H](O)[C@H](O)[C@H]8NC(C)=O)[C@H]7O)[C@H](O)[C@H]6NC(C)=O)[C@H]5O)[C@H](O)[C@H]4NC(C)=O)[C@H]3O)[C@H](O)[C@H]2NC(C)=O)C(O[C@@H]2O[C@H](CO)[C@H](O)C(O)[C@H]2O)[C@@H]1O. The molecule has 6 amide bonds. The van der Waals surface area contributed by atoms with E-state index in [0.717, 1.165) is 56.9 Å². The number of hydrogen-bond acceptors (Lipinski definition) is 49. The summed E-state index contributed by atoms with van der Waals surface area (Å²) >= 11 is 0. The van der Waals surface area contributed by atoms with Gasteiger partial charge in [-0.3, -0.25) is 24.0 Å². The Hall–Kier alpha value is -7.11. The van der Waals surface area contributed by atoms with Gasteiger partial charge in [-0.2, -0.15) is 0 Å². The minimum absolute atomic E-state index is 0.260. The average molecular weight is 1990 g/mol. The molecule has 780 valence electrons. The normalized spacial score (nSPS) is 42.3. The molecule has 0 spiro atoms. The number of aliphatic hydroxyl groups excluding tert-OH is 23. The molecule has 30 N–H and O–H groups in total. The van der Waals surface area contributed by atoms with Crippen molar-refractivity contribution in [3.8, 4) is 11.1 Å². The number of ether oxygens (including phenoxy) is 19. The van der Waals surface area contributed by atoms with Gasteiger partial charge in [-0.25, -0.2) is 9.59 Å². The Balaban J connectivity index is 0.729. The molecule has 0 aromatic heterocycles. The number of nitrogens with one attached hydrogen (secondary N) is 6. The van der Waals surface area contributed by atoms with E-state index in [1.54, 1.807) is 12.1 Å². The molecular weight excluding hydrogens is 1870 g/mol. The lowest BCUT2D eigenvalue weighted by atomic mass is 9.93. The molecule has 0 bridgehead atoms. The Morgan fingerprint density at radius 1 is 0.290 bits per heavy atom. The van der Waals surface area contributed by atoms with Crippen molar-refractivity contribution in [2.75, 3.05) is 72.7 Å². The predicted octanol–water partition coefficient (Wildman–Crippen LogP) is -16.9. The highest BCUT2D eigenvalue weighted by Gasteiger charge is 2.62. The Bertz CT molecular complexity index is 4270. The van der Waals surface area contributed by atoms with Gasteiger partial charge in [0.1, 0.15) is 226 Å². The smallest absolute Gasteiger partial charge is 0.407 e. The molecule has 138 heavy (non-hydrogen) atoms. The van der Waals surface area contributed by atoms with Gasteiger partial charge in [0.2, 0.25) is 29.5 Å². The van der Waals surface area contributed by atoms with Crippen molar-refractivity contribution in [1.29, 1.82) is 0 Å². The average Bonchev–Trinajstić information content (AvgIpc) is 1.43. The Morgan fingerprint density at radius 3 is 0.899 bits per heavy atom. The minimum atomic E-state index is -2.41.